The Balaban J connectivity index is 2.45. The van der Waals surface area contributed by atoms with Gasteiger partial charge in [-0.1, -0.05) is 6.92 Å². The van der Waals surface area contributed by atoms with Crippen molar-refractivity contribution < 1.29 is 8.42 Å². The molecule has 1 rings (SSSR count). The van der Waals surface area contributed by atoms with E-state index in [4.69, 9.17) is 5.73 Å². The van der Waals surface area contributed by atoms with E-state index in [-0.39, 0.29) is 11.5 Å². The number of aromatic nitrogens is 1. The first-order valence-electron chi connectivity index (χ1n) is 5.08. The lowest BCUT2D eigenvalue weighted by Gasteiger charge is -2.04. The number of nitrogens with zero attached hydrogens (tertiary/aromatic N) is 1. The fourth-order valence-electron chi connectivity index (χ4n) is 1.22. The zero-order valence-corrected chi connectivity index (χ0v) is 10.9. The highest BCUT2D eigenvalue weighted by Crippen LogP contribution is 2.23. The molecule has 0 saturated carbocycles. The molecule has 0 fully saturated rings. The van der Waals surface area contributed by atoms with Crippen LogP contribution in [0.3, 0.4) is 0 Å². The highest BCUT2D eigenvalue weighted by molar-refractivity contribution is 8.00. The van der Waals surface area contributed by atoms with Gasteiger partial charge in [-0.25, -0.2) is 8.42 Å². The third-order valence-corrected chi connectivity index (χ3v) is 5.18. The van der Waals surface area contributed by atoms with Crippen molar-refractivity contribution in [3.8, 4) is 0 Å². The van der Waals surface area contributed by atoms with Crippen LogP contribution in [0.15, 0.2) is 23.4 Å². The summed E-state index contributed by atoms with van der Waals surface area (Å²) >= 11 is 1.46. The van der Waals surface area contributed by atoms with Gasteiger partial charge in [0, 0.05) is 22.6 Å². The molecule has 0 aliphatic heterocycles. The van der Waals surface area contributed by atoms with Crippen LogP contribution >= 0.6 is 11.8 Å². The maximum absolute atomic E-state index is 11.4. The molecule has 0 saturated heterocycles. The van der Waals surface area contributed by atoms with E-state index in [9.17, 15) is 8.42 Å². The Labute approximate surface area is 101 Å². The fourth-order valence-corrected chi connectivity index (χ4v) is 3.99. The first-order valence-corrected chi connectivity index (χ1v) is 7.88. The van der Waals surface area contributed by atoms with E-state index in [0.29, 0.717) is 17.9 Å². The van der Waals surface area contributed by atoms with Gasteiger partial charge in [0.25, 0.3) is 0 Å². The summed E-state index contributed by atoms with van der Waals surface area (Å²) in [5.41, 5.74) is 6.29. The molecule has 90 valence electrons. The Morgan fingerprint density at radius 2 is 2.19 bits per heavy atom. The highest BCUT2D eigenvalue weighted by Gasteiger charge is 2.09. The van der Waals surface area contributed by atoms with Gasteiger partial charge in [0.2, 0.25) is 0 Å². The van der Waals surface area contributed by atoms with Gasteiger partial charge in [-0.05, 0) is 12.5 Å². The Morgan fingerprint density at radius 3 is 2.81 bits per heavy atom. The van der Waals surface area contributed by atoms with Crippen molar-refractivity contribution in [1.82, 2.24) is 4.98 Å². The minimum absolute atomic E-state index is 0.202. The van der Waals surface area contributed by atoms with E-state index < -0.39 is 9.84 Å². The second kappa shape index (κ2) is 6.10. The van der Waals surface area contributed by atoms with Crippen LogP contribution in [-0.4, -0.2) is 30.7 Å². The number of rotatable bonds is 6. The molecule has 1 aromatic heterocycles. The van der Waals surface area contributed by atoms with Crippen LogP contribution in [0, 0.1) is 0 Å². The number of sulfone groups is 1. The van der Waals surface area contributed by atoms with Crippen LogP contribution in [-0.2, 0) is 9.84 Å². The number of anilines is 1. The van der Waals surface area contributed by atoms with Crippen LogP contribution in [0.5, 0.6) is 0 Å². The molecule has 0 aromatic carbocycles. The van der Waals surface area contributed by atoms with Crippen molar-refractivity contribution in [3.05, 3.63) is 18.5 Å². The molecule has 0 amide bonds. The van der Waals surface area contributed by atoms with E-state index >= 15 is 0 Å². The van der Waals surface area contributed by atoms with Crippen molar-refractivity contribution in [2.24, 2.45) is 0 Å². The van der Waals surface area contributed by atoms with Gasteiger partial charge in [-0.15, -0.1) is 11.8 Å². The first-order chi connectivity index (χ1) is 7.55. The number of pyridine rings is 1. The lowest BCUT2D eigenvalue weighted by molar-refractivity contribution is 0.596. The van der Waals surface area contributed by atoms with Crippen LogP contribution in [0.1, 0.15) is 13.3 Å². The molecule has 0 spiro atoms. The summed E-state index contributed by atoms with van der Waals surface area (Å²) < 4.78 is 22.9. The van der Waals surface area contributed by atoms with E-state index in [1.165, 1.54) is 11.8 Å². The molecule has 2 N–H and O–H groups in total. The average molecular weight is 260 g/mol. The summed E-state index contributed by atoms with van der Waals surface area (Å²) in [5.74, 6) is 1.00. The maximum Gasteiger partial charge on any atom is 0.151 e. The third kappa shape index (κ3) is 4.40. The number of nitrogens with two attached hydrogens (primary N) is 1. The quantitative estimate of drug-likeness (QED) is 0.786. The highest BCUT2D eigenvalue weighted by atomic mass is 32.2. The van der Waals surface area contributed by atoms with E-state index in [1.54, 1.807) is 18.5 Å². The zero-order valence-electron chi connectivity index (χ0n) is 9.22. The van der Waals surface area contributed by atoms with Crippen molar-refractivity contribution in [2.45, 2.75) is 18.2 Å². The van der Waals surface area contributed by atoms with Gasteiger partial charge >= 0.3 is 0 Å². The summed E-state index contributed by atoms with van der Waals surface area (Å²) in [7, 11) is -2.89. The normalized spacial score (nSPS) is 11.6. The summed E-state index contributed by atoms with van der Waals surface area (Å²) in [6, 6.07) is 1.80. The molecule has 1 heterocycles. The molecule has 4 nitrogen and oxygen atoms in total. The second-order valence-corrected chi connectivity index (χ2v) is 6.85. The van der Waals surface area contributed by atoms with Gasteiger partial charge in [-0.3, -0.25) is 4.98 Å². The van der Waals surface area contributed by atoms with Crippen molar-refractivity contribution >= 4 is 27.3 Å². The molecule has 0 radical (unpaired) electrons. The van der Waals surface area contributed by atoms with Crippen molar-refractivity contribution in [1.29, 1.82) is 0 Å². The molecule has 0 aliphatic carbocycles. The molecule has 16 heavy (non-hydrogen) atoms. The van der Waals surface area contributed by atoms with Crippen LogP contribution in [0.4, 0.5) is 5.69 Å². The van der Waals surface area contributed by atoms with Crippen LogP contribution in [0.2, 0.25) is 0 Å². The Kier molecular flexibility index (Phi) is 5.08. The van der Waals surface area contributed by atoms with Gasteiger partial charge in [0.1, 0.15) is 0 Å². The summed E-state index contributed by atoms with van der Waals surface area (Å²) in [6.07, 6.45) is 3.90. The van der Waals surface area contributed by atoms with Crippen molar-refractivity contribution in [2.75, 3.05) is 23.0 Å². The number of hydrogen-bond acceptors (Lipinski definition) is 5. The van der Waals surface area contributed by atoms with E-state index in [2.05, 4.69) is 4.98 Å². The molecular formula is C10H16N2O2S2. The van der Waals surface area contributed by atoms with Gasteiger partial charge < -0.3 is 5.73 Å². The Bertz CT molecular complexity index is 432. The monoisotopic (exact) mass is 260 g/mol. The van der Waals surface area contributed by atoms with Crippen LogP contribution < -0.4 is 5.73 Å². The largest absolute Gasteiger partial charge is 0.397 e. The van der Waals surface area contributed by atoms with E-state index in [1.807, 2.05) is 6.92 Å². The molecule has 0 bridgehead atoms. The maximum atomic E-state index is 11.4. The first kappa shape index (κ1) is 13.3. The lowest BCUT2D eigenvalue weighted by Crippen LogP contribution is -2.12. The minimum Gasteiger partial charge on any atom is -0.397 e. The Morgan fingerprint density at radius 1 is 1.44 bits per heavy atom. The van der Waals surface area contributed by atoms with Gasteiger partial charge in [-0.2, -0.15) is 0 Å². The molecule has 0 unspecified atom stereocenters. The molecule has 6 heteroatoms. The van der Waals surface area contributed by atoms with Gasteiger partial charge in [0.05, 0.1) is 17.6 Å². The molecular weight excluding hydrogens is 244 g/mol. The zero-order chi connectivity index (χ0) is 12.0. The van der Waals surface area contributed by atoms with Crippen molar-refractivity contribution in [3.63, 3.8) is 0 Å². The number of thioether (sulfide) groups is 1. The number of nitrogen functional groups attached to an aromatic ring is 1. The van der Waals surface area contributed by atoms with Crippen LogP contribution in [0.25, 0.3) is 0 Å². The standard InChI is InChI=1S/C10H16N2O2S2/c1-2-6-16(13,14)7-5-15-10-3-4-12-8-9(10)11/h3-4,8H,2,5-7,11H2,1H3. The second-order valence-electron chi connectivity index (χ2n) is 3.41. The van der Waals surface area contributed by atoms with Gasteiger partial charge in [0.15, 0.2) is 9.84 Å². The molecule has 0 aliphatic rings. The summed E-state index contributed by atoms with van der Waals surface area (Å²) in [5, 5.41) is 0. The minimum atomic E-state index is -2.89. The van der Waals surface area contributed by atoms with E-state index in [0.717, 1.165) is 4.90 Å². The smallest absolute Gasteiger partial charge is 0.151 e. The predicted molar refractivity (Wildman–Crippen MR) is 68.3 cm³/mol. The Hall–Kier alpha value is -0.750. The molecule has 1 aromatic rings. The molecule has 0 atom stereocenters. The average Bonchev–Trinajstić information content (AvgIpc) is 2.20. The predicted octanol–water partition coefficient (Wildman–Crippen LogP) is 1.58. The topological polar surface area (TPSA) is 73.0 Å². The third-order valence-electron chi connectivity index (χ3n) is 1.98. The fraction of sp³-hybridized carbons (Fsp3) is 0.500. The summed E-state index contributed by atoms with van der Waals surface area (Å²) in [4.78, 5) is 4.77. The lowest BCUT2D eigenvalue weighted by atomic mass is 10.4. The number of hydrogen-bond donors (Lipinski definition) is 1. The SMILES string of the molecule is CCCS(=O)(=O)CCSc1ccncc1N. The summed E-state index contributed by atoms with van der Waals surface area (Å²) in [6.45, 7) is 1.87.